The van der Waals surface area contributed by atoms with E-state index in [9.17, 15) is 9.59 Å². The summed E-state index contributed by atoms with van der Waals surface area (Å²) in [5, 5.41) is 7.72. The molecule has 2 amide bonds. The van der Waals surface area contributed by atoms with Crippen molar-refractivity contribution in [2.24, 2.45) is 5.10 Å². The van der Waals surface area contributed by atoms with Crippen molar-refractivity contribution < 1.29 is 19.1 Å². The lowest BCUT2D eigenvalue weighted by Crippen LogP contribution is -2.24. The predicted octanol–water partition coefficient (Wildman–Crippen LogP) is 6.07. The van der Waals surface area contributed by atoms with Gasteiger partial charge in [-0.05, 0) is 79.9 Å². The van der Waals surface area contributed by atoms with Crippen molar-refractivity contribution in [1.29, 1.82) is 0 Å². The van der Waals surface area contributed by atoms with Gasteiger partial charge in [-0.25, -0.2) is 5.43 Å². The molecule has 3 rings (SSSR count). The average Bonchev–Trinajstić information content (AvgIpc) is 2.82. The third-order valence-electron chi connectivity index (χ3n) is 5.18. The molecule has 7 nitrogen and oxygen atoms in total. The van der Waals surface area contributed by atoms with Crippen LogP contribution in [-0.4, -0.2) is 24.6 Å². The van der Waals surface area contributed by atoms with Crippen molar-refractivity contribution >= 4 is 46.9 Å². The lowest BCUT2D eigenvalue weighted by Gasteiger charge is -2.13. The van der Waals surface area contributed by atoms with E-state index in [0.717, 1.165) is 16.7 Å². The molecule has 188 valence electrons. The summed E-state index contributed by atoms with van der Waals surface area (Å²) in [6.07, 6.45) is 1.11. The van der Waals surface area contributed by atoms with Crippen LogP contribution in [0.25, 0.3) is 0 Å². The Morgan fingerprint density at radius 3 is 2.44 bits per heavy atom. The molecular weight excluding hydrogens is 501 g/mol. The SMILES string of the molecule is CCOc1cc(C=NNC(=O)CC(=O)Nc2ccc(C)c(C)c2)ccc1OCc1ccc(Cl)cc1Cl. The van der Waals surface area contributed by atoms with Crippen LogP contribution in [0.3, 0.4) is 0 Å². The first kappa shape index (κ1) is 27.0. The molecule has 0 aliphatic heterocycles. The maximum Gasteiger partial charge on any atom is 0.249 e. The standard InChI is InChI=1S/C27H27Cl2N3O4/c1-4-35-25-12-19(6-10-24(25)36-16-20-7-8-21(28)13-23(20)29)15-30-32-27(34)14-26(33)31-22-9-5-17(2)18(3)11-22/h5-13,15H,4,14,16H2,1-3H3,(H,31,33)(H,32,34). The first-order valence-corrected chi connectivity index (χ1v) is 12.0. The van der Waals surface area contributed by atoms with Gasteiger partial charge in [0.2, 0.25) is 11.8 Å². The third kappa shape index (κ3) is 8.00. The maximum atomic E-state index is 12.1. The van der Waals surface area contributed by atoms with Crippen LogP contribution in [0.4, 0.5) is 5.69 Å². The Hall–Kier alpha value is -3.55. The molecule has 0 saturated heterocycles. The van der Waals surface area contributed by atoms with Crippen molar-refractivity contribution in [1.82, 2.24) is 5.43 Å². The number of hydrazone groups is 1. The van der Waals surface area contributed by atoms with Crippen molar-refractivity contribution in [2.75, 3.05) is 11.9 Å². The number of rotatable bonds is 10. The fourth-order valence-corrected chi connectivity index (χ4v) is 3.64. The second-order valence-electron chi connectivity index (χ2n) is 7.98. The van der Waals surface area contributed by atoms with Crippen molar-refractivity contribution in [3.63, 3.8) is 0 Å². The van der Waals surface area contributed by atoms with E-state index in [0.29, 0.717) is 39.4 Å². The number of benzene rings is 3. The zero-order valence-corrected chi connectivity index (χ0v) is 21.7. The van der Waals surface area contributed by atoms with Gasteiger partial charge >= 0.3 is 0 Å². The van der Waals surface area contributed by atoms with Gasteiger partial charge in [0.05, 0.1) is 12.8 Å². The van der Waals surface area contributed by atoms with Crippen LogP contribution < -0.4 is 20.2 Å². The largest absolute Gasteiger partial charge is 0.490 e. The van der Waals surface area contributed by atoms with Crippen LogP contribution in [0.2, 0.25) is 10.0 Å². The number of carbonyl (C=O) groups excluding carboxylic acids is 2. The molecule has 2 N–H and O–H groups in total. The Morgan fingerprint density at radius 1 is 0.917 bits per heavy atom. The van der Waals surface area contributed by atoms with Gasteiger partial charge < -0.3 is 14.8 Å². The lowest BCUT2D eigenvalue weighted by molar-refractivity contribution is -0.126. The summed E-state index contributed by atoms with van der Waals surface area (Å²) in [5.41, 5.74) is 6.65. The van der Waals surface area contributed by atoms with Gasteiger partial charge in [0.1, 0.15) is 13.0 Å². The first-order valence-electron chi connectivity index (χ1n) is 11.3. The summed E-state index contributed by atoms with van der Waals surface area (Å²) in [5.74, 6) is 0.0991. The van der Waals surface area contributed by atoms with E-state index in [1.807, 2.05) is 32.9 Å². The second-order valence-corrected chi connectivity index (χ2v) is 8.82. The number of hydrogen-bond donors (Lipinski definition) is 2. The van der Waals surface area contributed by atoms with E-state index in [4.69, 9.17) is 32.7 Å². The van der Waals surface area contributed by atoms with Gasteiger partial charge in [-0.1, -0.05) is 35.3 Å². The summed E-state index contributed by atoms with van der Waals surface area (Å²) in [6, 6.07) is 16.0. The fourth-order valence-electron chi connectivity index (χ4n) is 3.18. The molecular formula is C27H27Cl2N3O4. The number of amides is 2. The number of carbonyl (C=O) groups is 2. The van der Waals surface area contributed by atoms with E-state index < -0.39 is 11.8 Å². The third-order valence-corrected chi connectivity index (χ3v) is 5.77. The van der Waals surface area contributed by atoms with E-state index in [-0.39, 0.29) is 13.0 Å². The summed E-state index contributed by atoms with van der Waals surface area (Å²) < 4.78 is 11.6. The van der Waals surface area contributed by atoms with Crippen LogP contribution in [0.5, 0.6) is 11.5 Å². The Bertz CT molecular complexity index is 1280. The van der Waals surface area contributed by atoms with Gasteiger partial charge in [-0.15, -0.1) is 0 Å². The zero-order chi connectivity index (χ0) is 26.1. The van der Waals surface area contributed by atoms with Crippen LogP contribution >= 0.6 is 23.2 Å². The fraction of sp³-hybridized carbons (Fsp3) is 0.222. The highest BCUT2D eigenvalue weighted by Crippen LogP contribution is 2.30. The van der Waals surface area contributed by atoms with Crippen molar-refractivity contribution in [2.45, 2.75) is 33.8 Å². The number of halogens is 2. The molecule has 0 unspecified atom stereocenters. The average molecular weight is 528 g/mol. The smallest absolute Gasteiger partial charge is 0.249 e. The van der Waals surface area contributed by atoms with Crippen molar-refractivity contribution in [3.05, 3.63) is 86.9 Å². The van der Waals surface area contributed by atoms with Crippen LogP contribution in [0, 0.1) is 13.8 Å². The molecule has 0 spiro atoms. The highest BCUT2D eigenvalue weighted by atomic mass is 35.5. The molecule has 0 aromatic heterocycles. The Labute approximate surface area is 220 Å². The summed E-state index contributed by atoms with van der Waals surface area (Å²) in [6.45, 7) is 6.48. The summed E-state index contributed by atoms with van der Waals surface area (Å²) >= 11 is 12.2. The van der Waals surface area contributed by atoms with E-state index >= 15 is 0 Å². The minimum Gasteiger partial charge on any atom is -0.490 e. The van der Waals surface area contributed by atoms with Crippen LogP contribution in [0.15, 0.2) is 59.7 Å². The van der Waals surface area contributed by atoms with Gasteiger partial charge in [0.25, 0.3) is 0 Å². The molecule has 3 aromatic carbocycles. The number of anilines is 1. The minimum absolute atomic E-state index is 0.240. The van der Waals surface area contributed by atoms with Gasteiger partial charge in [0.15, 0.2) is 11.5 Å². The number of hydrogen-bond acceptors (Lipinski definition) is 5. The maximum absolute atomic E-state index is 12.1. The summed E-state index contributed by atoms with van der Waals surface area (Å²) in [4.78, 5) is 24.2. The lowest BCUT2D eigenvalue weighted by atomic mass is 10.1. The van der Waals surface area contributed by atoms with Gasteiger partial charge in [-0.3, -0.25) is 9.59 Å². The highest BCUT2D eigenvalue weighted by Gasteiger charge is 2.11. The Morgan fingerprint density at radius 2 is 1.72 bits per heavy atom. The Kier molecular flexibility index (Phi) is 9.73. The molecule has 0 atom stereocenters. The van der Waals surface area contributed by atoms with Crippen LogP contribution in [-0.2, 0) is 16.2 Å². The molecule has 36 heavy (non-hydrogen) atoms. The quantitative estimate of drug-likeness (QED) is 0.190. The number of nitrogens with zero attached hydrogens (tertiary/aromatic N) is 1. The Balaban J connectivity index is 1.55. The molecule has 3 aromatic rings. The van der Waals surface area contributed by atoms with Crippen molar-refractivity contribution in [3.8, 4) is 11.5 Å². The molecule has 0 saturated carbocycles. The number of nitrogens with one attached hydrogen (secondary N) is 2. The molecule has 9 heteroatoms. The van der Waals surface area contributed by atoms with E-state index in [2.05, 4.69) is 15.8 Å². The summed E-state index contributed by atoms with van der Waals surface area (Å²) in [7, 11) is 0. The molecule has 0 aliphatic carbocycles. The number of aryl methyl sites for hydroxylation is 2. The molecule has 0 aliphatic rings. The van der Waals surface area contributed by atoms with Crippen LogP contribution in [0.1, 0.15) is 35.6 Å². The monoisotopic (exact) mass is 527 g/mol. The molecule has 0 radical (unpaired) electrons. The second kappa shape index (κ2) is 13.0. The molecule has 0 bridgehead atoms. The minimum atomic E-state index is -0.530. The molecule has 0 heterocycles. The van der Waals surface area contributed by atoms with E-state index in [1.165, 1.54) is 6.21 Å². The first-order chi connectivity index (χ1) is 17.2. The zero-order valence-electron chi connectivity index (χ0n) is 20.2. The number of ether oxygens (including phenoxy) is 2. The predicted molar refractivity (Wildman–Crippen MR) is 143 cm³/mol. The normalized spacial score (nSPS) is 10.8. The topological polar surface area (TPSA) is 89.0 Å². The van der Waals surface area contributed by atoms with Gasteiger partial charge in [0, 0.05) is 21.3 Å². The highest BCUT2D eigenvalue weighted by molar-refractivity contribution is 6.35. The molecule has 0 fully saturated rings. The van der Waals surface area contributed by atoms with E-state index in [1.54, 1.807) is 42.5 Å². The van der Waals surface area contributed by atoms with Gasteiger partial charge in [-0.2, -0.15) is 5.10 Å².